The van der Waals surface area contributed by atoms with Gasteiger partial charge in [-0.15, -0.1) is 0 Å². The lowest BCUT2D eigenvalue weighted by Gasteiger charge is -2.05. The smallest absolute Gasteiger partial charge is 0.338 e. The van der Waals surface area contributed by atoms with Gasteiger partial charge >= 0.3 is 5.97 Å². The van der Waals surface area contributed by atoms with E-state index in [0.29, 0.717) is 5.56 Å². The zero-order chi connectivity index (χ0) is 14.6. The maximum Gasteiger partial charge on any atom is 0.338 e. The molecule has 0 aliphatic rings. The van der Waals surface area contributed by atoms with E-state index in [4.69, 9.17) is 4.74 Å². The fourth-order valence-corrected chi connectivity index (χ4v) is 2.28. The summed E-state index contributed by atoms with van der Waals surface area (Å²) in [4.78, 5) is 12.0. The molecule has 2 rings (SSSR count). The van der Waals surface area contributed by atoms with Gasteiger partial charge in [-0.2, -0.15) is 0 Å². The van der Waals surface area contributed by atoms with Gasteiger partial charge in [0.05, 0.1) is 10.5 Å². The third kappa shape index (κ3) is 3.68. The van der Waals surface area contributed by atoms with Gasteiger partial charge in [0.1, 0.15) is 6.61 Å². The SMILES string of the molecule is CS(=O)(=O)c1ccc(C(=O)OCc2ccccc2)cc1. The molecular formula is C15H14O4S. The first kappa shape index (κ1) is 14.3. The molecule has 0 heterocycles. The Balaban J connectivity index is 2.03. The Morgan fingerprint density at radius 1 is 1.00 bits per heavy atom. The molecule has 2 aromatic carbocycles. The molecule has 0 atom stereocenters. The number of ether oxygens (including phenoxy) is 1. The number of carbonyl (C=O) groups excluding carboxylic acids is 1. The highest BCUT2D eigenvalue weighted by molar-refractivity contribution is 7.90. The van der Waals surface area contributed by atoms with Crippen molar-refractivity contribution in [1.82, 2.24) is 0 Å². The van der Waals surface area contributed by atoms with E-state index >= 15 is 0 Å². The van der Waals surface area contributed by atoms with Crippen LogP contribution in [0.1, 0.15) is 15.9 Å². The van der Waals surface area contributed by atoms with Gasteiger partial charge in [-0.3, -0.25) is 0 Å². The quantitative estimate of drug-likeness (QED) is 0.811. The average Bonchev–Trinajstić information content (AvgIpc) is 2.45. The fraction of sp³-hybridized carbons (Fsp3) is 0.133. The third-order valence-corrected chi connectivity index (χ3v) is 3.86. The van der Waals surface area contributed by atoms with Crippen molar-refractivity contribution in [2.75, 3.05) is 6.26 Å². The predicted octanol–water partition coefficient (Wildman–Crippen LogP) is 2.45. The normalized spacial score (nSPS) is 11.1. The predicted molar refractivity (Wildman–Crippen MR) is 75.1 cm³/mol. The zero-order valence-electron chi connectivity index (χ0n) is 10.9. The zero-order valence-corrected chi connectivity index (χ0v) is 11.8. The molecule has 0 amide bonds. The molecule has 0 N–H and O–H groups in total. The van der Waals surface area contributed by atoms with Crippen LogP contribution in [0.5, 0.6) is 0 Å². The molecule has 0 spiro atoms. The summed E-state index contributed by atoms with van der Waals surface area (Å²) in [6, 6.07) is 15.0. The van der Waals surface area contributed by atoms with Crippen molar-refractivity contribution in [1.29, 1.82) is 0 Å². The number of sulfone groups is 1. The number of rotatable bonds is 4. The standard InChI is InChI=1S/C15H14O4S/c1-20(17,18)14-9-7-13(8-10-14)15(16)19-11-12-5-3-2-4-6-12/h2-10H,11H2,1H3. The van der Waals surface area contributed by atoms with Gasteiger partial charge in [0.25, 0.3) is 0 Å². The second-order valence-corrected chi connectivity index (χ2v) is 6.37. The number of benzene rings is 2. The van der Waals surface area contributed by atoms with Crippen molar-refractivity contribution in [2.24, 2.45) is 0 Å². The Kier molecular flexibility index (Phi) is 4.20. The first-order chi connectivity index (χ1) is 9.47. The summed E-state index contributed by atoms with van der Waals surface area (Å²) in [5, 5.41) is 0. The molecule has 20 heavy (non-hydrogen) atoms. The molecule has 0 saturated heterocycles. The van der Waals surface area contributed by atoms with Crippen molar-refractivity contribution in [3.05, 3.63) is 65.7 Å². The van der Waals surface area contributed by atoms with Crippen LogP contribution in [0.15, 0.2) is 59.5 Å². The summed E-state index contributed by atoms with van der Waals surface area (Å²) in [6.07, 6.45) is 1.12. The summed E-state index contributed by atoms with van der Waals surface area (Å²) in [5.74, 6) is -0.478. The maximum absolute atomic E-state index is 11.8. The molecule has 4 nitrogen and oxygen atoms in total. The average molecular weight is 290 g/mol. The number of hydrogen-bond donors (Lipinski definition) is 0. The first-order valence-electron chi connectivity index (χ1n) is 5.98. The van der Waals surface area contributed by atoms with Crippen molar-refractivity contribution in [2.45, 2.75) is 11.5 Å². The molecule has 0 bridgehead atoms. The third-order valence-electron chi connectivity index (χ3n) is 2.73. The Morgan fingerprint density at radius 3 is 2.15 bits per heavy atom. The number of carbonyl (C=O) groups is 1. The lowest BCUT2D eigenvalue weighted by molar-refractivity contribution is 0.0472. The molecule has 5 heteroatoms. The molecule has 104 valence electrons. The minimum atomic E-state index is -3.25. The largest absolute Gasteiger partial charge is 0.457 e. The van der Waals surface area contributed by atoms with Crippen LogP contribution in [0, 0.1) is 0 Å². The van der Waals surface area contributed by atoms with Gasteiger partial charge in [0.15, 0.2) is 9.84 Å². The Hall–Kier alpha value is -2.14. The van der Waals surface area contributed by atoms with Gasteiger partial charge in [-0.05, 0) is 29.8 Å². The van der Waals surface area contributed by atoms with E-state index in [1.54, 1.807) is 0 Å². The molecule has 0 saturated carbocycles. The van der Waals surface area contributed by atoms with E-state index in [9.17, 15) is 13.2 Å². The van der Waals surface area contributed by atoms with E-state index in [0.717, 1.165) is 11.8 Å². The summed E-state index contributed by atoms with van der Waals surface area (Å²) in [7, 11) is -3.25. The van der Waals surface area contributed by atoms with Crippen LogP contribution < -0.4 is 0 Å². The first-order valence-corrected chi connectivity index (χ1v) is 7.87. The second-order valence-electron chi connectivity index (χ2n) is 4.36. The molecule has 0 fully saturated rings. The maximum atomic E-state index is 11.8. The lowest BCUT2D eigenvalue weighted by atomic mass is 10.2. The summed E-state index contributed by atoms with van der Waals surface area (Å²) in [5.41, 5.74) is 1.22. The fourth-order valence-electron chi connectivity index (χ4n) is 1.64. The van der Waals surface area contributed by atoms with Crippen LogP contribution in [0.3, 0.4) is 0 Å². The van der Waals surface area contributed by atoms with Gasteiger partial charge in [0.2, 0.25) is 0 Å². The molecule has 0 radical (unpaired) electrons. The topological polar surface area (TPSA) is 60.4 Å². The number of hydrogen-bond acceptors (Lipinski definition) is 4. The molecule has 0 aromatic heterocycles. The summed E-state index contributed by atoms with van der Waals surface area (Å²) < 4.78 is 27.8. The molecule has 0 aliphatic heterocycles. The van der Waals surface area contributed by atoms with Crippen molar-refractivity contribution >= 4 is 15.8 Å². The van der Waals surface area contributed by atoms with E-state index in [1.807, 2.05) is 30.3 Å². The highest BCUT2D eigenvalue weighted by Crippen LogP contribution is 2.12. The Labute approximate surface area is 117 Å². The minimum Gasteiger partial charge on any atom is -0.457 e. The lowest BCUT2D eigenvalue weighted by Crippen LogP contribution is -2.06. The van der Waals surface area contributed by atoms with Crippen LogP contribution in [-0.2, 0) is 21.2 Å². The molecule has 2 aromatic rings. The minimum absolute atomic E-state index is 0.178. The highest BCUT2D eigenvalue weighted by Gasteiger charge is 2.10. The highest BCUT2D eigenvalue weighted by atomic mass is 32.2. The van der Waals surface area contributed by atoms with Crippen LogP contribution in [-0.4, -0.2) is 20.6 Å². The van der Waals surface area contributed by atoms with Gasteiger partial charge in [0, 0.05) is 6.26 Å². The van der Waals surface area contributed by atoms with Crippen LogP contribution in [0.2, 0.25) is 0 Å². The summed E-state index contributed by atoms with van der Waals surface area (Å²) >= 11 is 0. The van der Waals surface area contributed by atoms with Crippen LogP contribution in [0.4, 0.5) is 0 Å². The van der Waals surface area contributed by atoms with Crippen molar-refractivity contribution in [3.63, 3.8) is 0 Å². The van der Waals surface area contributed by atoms with Gasteiger partial charge < -0.3 is 4.74 Å². The van der Waals surface area contributed by atoms with Gasteiger partial charge in [-0.25, -0.2) is 13.2 Å². The number of esters is 1. The van der Waals surface area contributed by atoms with Crippen LogP contribution in [0.25, 0.3) is 0 Å². The van der Waals surface area contributed by atoms with E-state index in [-0.39, 0.29) is 11.5 Å². The van der Waals surface area contributed by atoms with Crippen LogP contribution >= 0.6 is 0 Å². The van der Waals surface area contributed by atoms with E-state index in [2.05, 4.69) is 0 Å². The van der Waals surface area contributed by atoms with Crippen molar-refractivity contribution < 1.29 is 17.9 Å². The Morgan fingerprint density at radius 2 is 1.60 bits per heavy atom. The second kappa shape index (κ2) is 5.88. The Bertz CT molecular complexity index is 688. The van der Waals surface area contributed by atoms with Gasteiger partial charge in [-0.1, -0.05) is 30.3 Å². The van der Waals surface area contributed by atoms with Crippen molar-refractivity contribution in [3.8, 4) is 0 Å². The molecular weight excluding hydrogens is 276 g/mol. The molecule has 0 unspecified atom stereocenters. The summed E-state index contributed by atoms with van der Waals surface area (Å²) in [6.45, 7) is 0.188. The van der Waals surface area contributed by atoms with E-state index < -0.39 is 15.8 Å². The van der Waals surface area contributed by atoms with E-state index in [1.165, 1.54) is 24.3 Å². The monoisotopic (exact) mass is 290 g/mol. The molecule has 0 aliphatic carbocycles.